The minimum absolute atomic E-state index is 0.489. The van der Waals surface area contributed by atoms with E-state index in [0.29, 0.717) is 5.69 Å². The lowest BCUT2D eigenvalue weighted by atomic mass is 10.2. The molecule has 0 fully saturated rings. The Hall–Kier alpha value is -1.02. The fraction of sp³-hybridized carbons (Fsp3) is 0. The lowest BCUT2D eigenvalue weighted by Crippen LogP contribution is -2.16. The zero-order chi connectivity index (χ0) is 14.0. The van der Waals surface area contributed by atoms with Crippen molar-refractivity contribution in [2.75, 3.05) is 5.32 Å². The van der Waals surface area contributed by atoms with E-state index in [1.165, 1.54) is 6.07 Å². The SMILES string of the molecule is O=C(Nc1cc(Br)ccc1I)c1c(F)cccc1F. The maximum atomic E-state index is 13.5. The van der Waals surface area contributed by atoms with Gasteiger partial charge in [0.25, 0.3) is 5.91 Å². The van der Waals surface area contributed by atoms with Crippen LogP contribution >= 0.6 is 38.5 Å². The molecule has 1 N–H and O–H groups in total. The third-order valence-electron chi connectivity index (χ3n) is 2.37. The second-order valence-corrected chi connectivity index (χ2v) is 5.75. The minimum atomic E-state index is -0.887. The Labute approximate surface area is 130 Å². The number of carbonyl (C=O) groups is 1. The summed E-state index contributed by atoms with van der Waals surface area (Å²) in [6.45, 7) is 0. The van der Waals surface area contributed by atoms with Crippen LogP contribution in [-0.4, -0.2) is 5.91 Å². The van der Waals surface area contributed by atoms with Crippen LogP contribution in [0.4, 0.5) is 14.5 Å². The molecule has 98 valence electrons. The number of anilines is 1. The maximum Gasteiger partial charge on any atom is 0.261 e. The molecule has 0 aromatic heterocycles. The summed E-state index contributed by atoms with van der Waals surface area (Å²) in [5, 5.41) is 2.49. The van der Waals surface area contributed by atoms with Gasteiger partial charge >= 0.3 is 0 Å². The summed E-state index contributed by atoms with van der Waals surface area (Å²) in [7, 11) is 0. The molecule has 0 aliphatic rings. The summed E-state index contributed by atoms with van der Waals surface area (Å²) in [4.78, 5) is 11.9. The van der Waals surface area contributed by atoms with Gasteiger partial charge in [0.05, 0.1) is 5.69 Å². The quantitative estimate of drug-likeness (QED) is 0.684. The summed E-state index contributed by atoms with van der Waals surface area (Å²) in [6, 6.07) is 8.55. The summed E-state index contributed by atoms with van der Waals surface area (Å²) < 4.78 is 28.5. The first-order valence-corrected chi connectivity index (χ1v) is 7.06. The van der Waals surface area contributed by atoms with Gasteiger partial charge in [-0.25, -0.2) is 8.78 Å². The fourth-order valence-electron chi connectivity index (χ4n) is 1.49. The van der Waals surface area contributed by atoms with Crippen LogP contribution in [0, 0.1) is 15.2 Å². The van der Waals surface area contributed by atoms with E-state index in [-0.39, 0.29) is 0 Å². The van der Waals surface area contributed by atoms with E-state index in [9.17, 15) is 13.6 Å². The molecule has 2 nitrogen and oxygen atoms in total. The molecule has 19 heavy (non-hydrogen) atoms. The zero-order valence-electron chi connectivity index (χ0n) is 9.38. The number of rotatable bonds is 2. The minimum Gasteiger partial charge on any atom is -0.321 e. The Morgan fingerprint density at radius 1 is 1.16 bits per heavy atom. The van der Waals surface area contributed by atoms with Crippen molar-refractivity contribution in [1.82, 2.24) is 0 Å². The largest absolute Gasteiger partial charge is 0.321 e. The maximum absolute atomic E-state index is 13.5. The summed E-state index contributed by atoms with van der Waals surface area (Å²) in [6.07, 6.45) is 0. The molecule has 0 aliphatic heterocycles. The van der Waals surface area contributed by atoms with Crippen molar-refractivity contribution < 1.29 is 13.6 Å². The molecule has 6 heteroatoms. The molecule has 2 aromatic rings. The molecule has 1 amide bonds. The van der Waals surface area contributed by atoms with Gasteiger partial charge in [-0.1, -0.05) is 22.0 Å². The van der Waals surface area contributed by atoms with Gasteiger partial charge in [0.2, 0.25) is 0 Å². The molecule has 0 aliphatic carbocycles. The third kappa shape index (κ3) is 3.30. The van der Waals surface area contributed by atoms with Gasteiger partial charge in [-0.15, -0.1) is 0 Å². The van der Waals surface area contributed by atoms with Crippen molar-refractivity contribution in [2.24, 2.45) is 0 Å². The Morgan fingerprint density at radius 2 is 1.79 bits per heavy atom. The average molecular weight is 438 g/mol. The molecule has 0 saturated heterocycles. The highest BCUT2D eigenvalue weighted by Crippen LogP contribution is 2.24. The van der Waals surface area contributed by atoms with Crippen LogP contribution in [0.2, 0.25) is 0 Å². The predicted octanol–water partition coefficient (Wildman–Crippen LogP) is 4.58. The third-order valence-corrected chi connectivity index (χ3v) is 3.80. The Morgan fingerprint density at radius 3 is 2.42 bits per heavy atom. The summed E-state index contributed by atoms with van der Waals surface area (Å²) >= 11 is 5.29. The van der Waals surface area contributed by atoms with Gasteiger partial charge in [0.1, 0.15) is 17.2 Å². The van der Waals surface area contributed by atoms with Crippen molar-refractivity contribution in [3.05, 3.63) is 61.6 Å². The van der Waals surface area contributed by atoms with E-state index in [0.717, 1.165) is 20.2 Å². The highest BCUT2D eigenvalue weighted by atomic mass is 127. The van der Waals surface area contributed by atoms with Crippen molar-refractivity contribution >= 4 is 50.1 Å². The standard InChI is InChI=1S/C13H7BrF2INO/c14-7-4-5-10(17)11(6-7)18-13(19)12-8(15)2-1-3-9(12)16/h1-6H,(H,18,19). The van der Waals surface area contributed by atoms with Gasteiger partial charge in [0, 0.05) is 8.04 Å². The molecule has 0 heterocycles. The topological polar surface area (TPSA) is 29.1 Å². The number of halogens is 4. The first-order chi connectivity index (χ1) is 8.99. The number of hydrogen-bond donors (Lipinski definition) is 1. The number of benzene rings is 2. The van der Waals surface area contributed by atoms with E-state index in [2.05, 4.69) is 21.2 Å². The number of hydrogen-bond acceptors (Lipinski definition) is 1. The molecular formula is C13H7BrF2INO. The Balaban J connectivity index is 2.34. The van der Waals surface area contributed by atoms with Crippen molar-refractivity contribution in [3.8, 4) is 0 Å². The van der Waals surface area contributed by atoms with Crippen LogP contribution in [0.1, 0.15) is 10.4 Å². The number of carbonyl (C=O) groups excluding carboxylic acids is 1. The Bertz CT molecular complexity index is 628. The van der Waals surface area contributed by atoms with Gasteiger partial charge in [0.15, 0.2) is 0 Å². The van der Waals surface area contributed by atoms with Gasteiger partial charge < -0.3 is 5.32 Å². The van der Waals surface area contributed by atoms with Crippen molar-refractivity contribution in [3.63, 3.8) is 0 Å². The predicted molar refractivity (Wildman–Crippen MR) is 81.2 cm³/mol. The average Bonchev–Trinajstić information content (AvgIpc) is 2.33. The monoisotopic (exact) mass is 437 g/mol. The second kappa shape index (κ2) is 5.96. The van der Waals surface area contributed by atoms with Crippen LogP contribution in [0.3, 0.4) is 0 Å². The van der Waals surface area contributed by atoms with Crippen LogP contribution in [0.5, 0.6) is 0 Å². The van der Waals surface area contributed by atoms with E-state index < -0.39 is 23.1 Å². The van der Waals surface area contributed by atoms with Crippen molar-refractivity contribution in [2.45, 2.75) is 0 Å². The van der Waals surface area contributed by atoms with Gasteiger partial charge in [-0.3, -0.25) is 4.79 Å². The van der Waals surface area contributed by atoms with E-state index in [1.54, 1.807) is 18.2 Å². The lowest BCUT2D eigenvalue weighted by molar-refractivity contribution is 0.101. The smallest absolute Gasteiger partial charge is 0.261 e. The fourth-order valence-corrected chi connectivity index (χ4v) is 2.32. The highest BCUT2D eigenvalue weighted by molar-refractivity contribution is 14.1. The van der Waals surface area contributed by atoms with Crippen LogP contribution in [0.15, 0.2) is 40.9 Å². The molecule has 0 saturated carbocycles. The molecule has 2 rings (SSSR count). The number of amides is 1. The van der Waals surface area contributed by atoms with E-state index in [4.69, 9.17) is 0 Å². The van der Waals surface area contributed by atoms with E-state index in [1.807, 2.05) is 22.6 Å². The van der Waals surface area contributed by atoms with Crippen molar-refractivity contribution in [1.29, 1.82) is 0 Å². The molecule has 2 aromatic carbocycles. The highest BCUT2D eigenvalue weighted by Gasteiger charge is 2.17. The molecule has 0 atom stereocenters. The molecule has 0 spiro atoms. The lowest BCUT2D eigenvalue weighted by Gasteiger charge is -2.09. The summed E-state index contributed by atoms with van der Waals surface area (Å²) in [5.41, 5.74) is -0.0964. The van der Waals surface area contributed by atoms with Gasteiger partial charge in [-0.2, -0.15) is 0 Å². The first kappa shape index (κ1) is 14.4. The molecule has 0 radical (unpaired) electrons. The molecular weight excluding hydrogens is 431 g/mol. The van der Waals surface area contributed by atoms with Crippen LogP contribution < -0.4 is 5.32 Å². The second-order valence-electron chi connectivity index (χ2n) is 3.67. The zero-order valence-corrected chi connectivity index (χ0v) is 13.1. The van der Waals surface area contributed by atoms with Gasteiger partial charge in [-0.05, 0) is 52.9 Å². The van der Waals surface area contributed by atoms with Crippen LogP contribution in [0.25, 0.3) is 0 Å². The molecule has 0 bridgehead atoms. The first-order valence-electron chi connectivity index (χ1n) is 5.19. The van der Waals surface area contributed by atoms with Crippen LogP contribution in [-0.2, 0) is 0 Å². The normalized spacial score (nSPS) is 10.3. The summed E-state index contributed by atoms with van der Waals surface area (Å²) in [5.74, 6) is -2.59. The number of nitrogens with one attached hydrogen (secondary N) is 1. The Kier molecular flexibility index (Phi) is 4.51. The van der Waals surface area contributed by atoms with E-state index >= 15 is 0 Å². The molecule has 0 unspecified atom stereocenters.